The van der Waals surface area contributed by atoms with Crippen LogP contribution in [0.5, 0.6) is 0 Å². The number of primary amides is 1. The van der Waals surface area contributed by atoms with E-state index in [4.69, 9.17) is 33.1 Å². The van der Waals surface area contributed by atoms with Gasteiger partial charge in [-0.15, -0.1) is 0 Å². The lowest BCUT2D eigenvalue weighted by molar-refractivity contribution is -0.147. The number of hydrogen-bond acceptors (Lipinski definition) is 9. The number of carbonyl (C=O) groups is 7. The summed E-state index contributed by atoms with van der Waals surface area (Å²) in [6.07, 6.45) is -2.59. The highest BCUT2D eigenvalue weighted by molar-refractivity contribution is 5.95. The number of aliphatic carboxylic acids is 3. The van der Waals surface area contributed by atoms with Crippen LogP contribution >= 0.6 is 0 Å². The van der Waals surface area contributed by atoms with Gasteiger partial charge in [-0.05, 0) is 19.3 Å². The van der Waals surface area contributed by atoms with Gasteiger partial charge in [-0.2, -0.15) is 0 Å². The van der Waals surface area contributed by atoms with E-state index in [0.29, 0.717) is 0 Å². The molecule has 4 unspecified atom stereocenters. The van der Waals surface area contributed by atoms with Gasteiger partial charge in [-0.3, -0.25) is 33.8 Å². The molecule has 0 aromatic carbocycles. The van der Waals surface area contributed by atoms with Gasteiger partial charge in [0.1, 0.15) is 18.1 Å². The minimum Gasteiger partial charge on any atom is -0.481 e. The molecule has 0 bridgehead atoms. The highest BCUT2D eigenvalue weighted by Gasteiger charge is 2.31. The van der Waals surface area contributed by atoms with E-state index in [2.05, 4.69) is 15.6 Å². The Morgan fingerprint density at radius 2 is 1.22 bits per heavy atom. The number of carboxylic acids is 3. The van der Waals surface area contributed by atoms with Crippen LogP contribution in [0.15, 0.2) is 4.99 Å². The van der Waals surface area contributed by atoms with Gasteiger partial charge in [0.15, 0.2) is 5.96 Å². The molecule has 0 aliphatic heterocycles. The maximum atomic E-state index is 12.9. The Morgan fingerprint density at radius 3 is 1.68 bits per heavy atom. The van der Waals surface area contributed by atoms with Crippen molar-refractivity contribution in [1.82, 2.24) is 16.0 Å². The third-order valence-corrected chi connectivity index (χ3v) is 4.61. The summed E-state index contributed by atoms with van der Waals surface area (Å²) in [4.78, 5) is 85.8. The molecular formula is C19H32N8O10. The molecule has 0 heterocycles. The molecular weight excluding hydrogens is 500 g/mol. The molecule has 37 heavy (non-hydrogen) atoms. The fourth-order valence-electron chi connectivity index (χ4n) is 2.82. The van der Waals surface area contributed by atoms with E-state index in [1.54, 1.807) is 0 Å². The molecule has 4 amide bonds. The number of nitrogens with two attached hydrogens (primary N) is 4. The van der Waals surface area contributed by atoms with E-state index in [0.717, 1.165) is 0 Å². The number of amides is 4. The standard InChI is InChI=1S/C19H32N8O10/c20-8(6-12(21)28)15(33)25-10(3-4-13(29)30)17(35)26-9(2-1-5-24-19(22)23)16(34)27-11(18(36)37)7-14(31)32/h8-11H,1-7,20H2,(H2,21,28)(H,25,33)(H,26,35)(H,27,34)(H,29,30)(H,31,32)(H,36,37)(H4,22,23,24). The molecule has 4 atom stereocenters. The van der Waals surface area contributed by atoms with Gasteiger partial charge < -0.3 is 54.2 Å². The van der Waals surface area contributed by atoms with Gasteiger partial charge in [0, 0.05) is 13.0 Å². The van der Waals surface area contributed by atoms with Crippen LogP contribution in [0.3, 0.4) is 0 Å². The Hall–Kier alpha value is -4.48. The van der Waals surface area contributed by atoms with E-state index >= 15 is 0 Å². The highest BCUT2D eigenvalue weighted by Crippen LogP contribution is 2.05. The molecule has 0 saturated heterocycles. The van der Waals surface area contributed by atoms with Crippen LogP contribution in [0.2, 0.25) is 0 Å². The first kappa shape index (κ1) is 32.5. The van der Waals surface area contributed by atoms with Crippen molar-refractivity contribution in [2.45, 2.75) is 62.7 Å². The first-order chi connectivity index (χ1) is 17.1. The normalized spacial score (nSPS) is 13.6. The average Bonchev–Trinajstić information content (AvgIpc) is 2.76. The molecule has 18 nitrogen and oxygen atoms in total. The molecule has 208 valence electrons. The second-order valence-corrected chi connectivity index (χ2v) is 7.78. The molecule has 0 aliphatic rings. The van der Waals surface area contributed by atoms with Gasteiger partial charge >= 0.3 is 17.9 Å². The van der Waals surface area contributed by atoms with E-state index in [1.807, 2.05) is 5.32 Å². The first-order valence-electron chi connectivity index (χ1n) is 10.8. The van der Waals surface area contributed by atoms with Crippen LogP contribution in [0, 0.1) is 0 Å². The Balaban J connectivity index is 5.74. The molecule has 0 aromatic heterocycles. The number of aliphatic imine (C=N–C) groups is 1. The van der Waals surface area contributed by atoms with E-state index in [9.17, 15) is 38.7 Å². The summed E-state index contributed by atoms with van der Waals surface area (Å²) < 4.78 is 0. The summed E-state index contributed by atoms with van der Waals surface area (Å²) in [6, 6.07) is -6.24. The average molecular weight is 533 g/mol. The second-order valence-electron chi connectivity index (χ2n) is 7.78. The van der Waals surface area contributed by atoms with E-state index in [1.165, 1.54) is 0 Å². The smallest absolute Gasteiger partial charge is 0.326 e. The number of carboxylic acid groups (broad SMARTS) is 3. The second kappa shape index (κ2) is 16.2. The van der Waals surface area contributed by atoms with E-state index < -0.39 is 91.4 Å². The molecule has 0 saturated carbocycles. The van der Waals surface area contributed by atoms with Crippen molar-refractivity contribution in [3.63, 3.8) is 0 Å². The first-order valence-corrected chi connectivity index (χ1v) is 10.8. The summed E-state index contributed by atoms with van der Waals surface area (Å²) in [5, 5.41) is 33.4. The quantitative estimate of drug-likeness (QED) is 0.0450. The van der Waals surface area contributed by atoms with Crippen LogP contribution < -0.4 is 38.9 Å². The van der Waals surface area contributed by atoms with Crippen LogP contribution in [0.25, 0.3) is 0 Å². The summed E-state index contributed by atoms with van der Waals surface area (Å²) in [7, 11) is 0. The summed E-state index contributed by atoms with van der Waals surface area (Å²) in [5.41, 5.74) is 21.0. The van der Waals surface area contributed by atoms with Crippen molar-refractivity contribution in [3.05, 3.63) is 0 Å². The number of hydrogen-bond donors (Lipinski definition) is 10. The predicted octanol–water partition coefficient (Wildman–Crippen LogP) is -4.88. The third-order valence-electron chi connectivity index (χ3n) is 4.61. The summed E-state index contributed by atoms with van der Waals surface area (Å²) in [6.45, 7) is 0.0145. The molecule has 0 radical (unpaired) electrons. The molecule has 0 rings (SSSR count). The monoisotopic (exact) mass is 532 g/mol. The van der Waals surface area contributed by atoms with Crippen molar-refractivity contribution in [1.29, 1.82) is 0 Å². The molecule has 0 spiro atoms. The highest BCUT2D eigenvalue weighted by atomic mass is 16.4. The zero-order chi connectivity index (χ0) is 28.7. The molecule has 18 heteroatoms. The topological polar surface area (TPSA) is 333 Å². The van der Waals surface area contributed by atoms with Gasteiger partial charge in [0.25, 0.3) is 0 Å². The lowest BCUT2D eigenvalue weighted by atomic mass is 10.1. The number of rotatable bonds is 18. The Morgan fingerprint density at radius 1 is 0.703 bits per heavy atom. The van der Waals surface area contributed by atoms with Crippen LogP contribution in [0.4, 0.5) is 0 Å². The number of nitrogens with zero attached hydrogens (tertiary/aromatic N) is 1. The predicted molar refractivity (Wildman–Crippen MR) is 124 cm³/mol. The van der Waals surface area contributed by atoms with E-state index in [-0.39, 0.29) is 25.3 Å². The zero-order valence-electron chi connectivity index (χ0n) is 19.7. The van der Waals surface area contributed by atoms with Crippen molar-refractivity contribution in [2.24, 2.45) is 27.9 Å². The lowest BCUT2D eigenvalue weighted by Crippen LogP contribution is -2.57. The maximum Gasteiger partial charge on any atom is 0.326 e. The molecule has 14 N–H and O–H groups in total. The molecule has 0 fully saturated rings. The number of carbonyl (C=O) groups excluding carboxylic acids is 4. The summed E-state index contributed by atoms with van der Waals surface area (Å²) >= 11 is 0. The van der Waals surface area contributed by atoms with Crippen molar-refractivity contribution in [2.75, 3.05) is 6.54 Å². The van der Waals surface area contributed by atoms with Crippen LogP contribution in [-0.2, 0) is 33.6 Å². The van der Waals surface area contributed by atoms with Gasteiger partial charge in [-0.1, -0.05) is 0 Å². The number of nitrogens with one attached hydrogen (secondary N) is 3. The maximum absolute atomic E-state index is 12.9. The largest absolute Gasteiger partial charge is 0.481 e. The number of guanidine groups is 1. The molecule has 0 aromatic rings. The summed E-state index contributed by atoms with van der Waals surface area (Å²) in [5.74, 6) is -8.71. The Bertz CT molecular complexity index is 905. The van der Waals surface area contributed by atoms with Gasteiger partial charge in [0.2, 0.25) is 23.6 Å². The zero-order valence-corrected chi connectivity index (χ0v) is 19.7. The van der Waals surface area contributed by atoms with Crippen molar-refractivity contribution < 1.29 is 48.9 Å². The Labute approximate surface area is 210 Å². The van der Waals surface area contributed by atoms with Crippen LogP contribution in [-0.4, -0.2) is 93.5 Å². The minimum absolute atomic E-state index is 0.0145. The minimum atomic E-state index is -1.82. The Kier molecular flexibility index (Phi) is 14.3. The lowest BCUT2D eigenvalue weighted by Gasteiger charge is -2.24. The van der Waals surface area contributed by atoms with Crippen molar-refractivity contribution >= 4 is 47.5 Å². The van der Waals surface area contributed by atoms with Gasteiger partial charge in [0.05, 0.1) is 18.9 Å². The fraction of sp³-hybridized carbons (Fsp3) is 0.579. The third kappa shape index (κ3) is 14.5. The van der Waals surface area contributed by atoms with Crippen LogP contribution in [0.1, 0.15) is 38.5 Å². The van der Waals surface area contributed by atoms with Crippen molar-refractivity contribution in [3.8, 4) is 0 Å². The molecule has 0 aliphatic carbocycles. The SMILES string of the molecule is NC(=O)CC(N)C(=O)NC(CCC(=O)O)C(=O)NC(CCCN=C(N)N)C(=O)NC(CC(=O)O)C(=O)O. The fourth-order valence-corrected chi connectivity index (χ4v) is 2.82. The van der Waals surface area contributed by atoms with Gasteiger partial charge in [-0.25, -0.2) is 4.79 Å².